The molecule has 2 heterocycles. The number of pyridine rings is 1. The second-order valence-corrected chi connectivity index (χ2v) is 9.10. The third-order valence-corrected chi connectivity index (χ3v) is 6.78. The summed E-state index contributed by atoms with van der Waals surface area (Å²) in [5.41, 5.74) is 0.553. The molecule has 3 rings (SSSR count). The van der Waals surface area contributed by atoms with Crippen LogP contribution in [0.3, 0.4) is 0 Å². The average Bonchev–Trinajstić information content (AvgIpc) is 3.11. The van der Waals surface area contributed by atoms with Crippen LogP contribution in [0.4, 0.5) is 11.5 Å². The molecule has 0 unspecified atom stereocenters. The number of aromatic nitrogens is 1. The summed E-state index contributed by atoms with van der Waals surface area (Å²) in [7, 11) is -3.56. The van der Waals surface area contributed by atoms with Gasteiger partial charge in [0.2, 0.25) is 10.0 Å². The van der Waals surface area contributed by atoms with Crippen LogP contribution >= 0.6 is 11.3 Å². The highest BCUT2D eigenvalue weighted by Crippen LogP contribution is 2.25. The van der Waals surface area contributed by atoms with Crippen molar-refractivity contribution in [3.8, 4) is 6.07 Å². The predicted molar refractivity (Wildman–Crippen MR) is 106 cm³/mol. The lowest BCUT2D eigenvalue weighted by atomic mass is 10.1. The molecule has 0 amide bonds. The van der Waals surface area contributed by atoms with Crippen molar-refractivity contribution in [2.24, 2.45) is 0 Å². The molecule has 11 heteroatoms. The first-order valence-electron chi connectivity index (χ1n) is 8.09. The van der Waals surface area contributed by atoms with Crippen LogP contribution in [0.1, 0.15) is 10.4 Å². The maximum Gasteiger partial charge on any atom is 0.270 e. The third kappa shape index (κ3) is 4.25. The minimum atomic E-state index is -3.56. The summed E-state index contributed by atoms with van der Waals surface area (Å²) < 4.78 is 27.1. The van der Waals surface area contributed by atoms with E-state index in [0.29, 0.717) is 16.7 Å². The summed E-state index contributed by atoms with van der Waals surface area (Å²) in [5.74, 6) is 0.379. The molecule has 0 saturated heterocycles. The van der Waals surface area contributed by atoms with Crippen molar-refractivity contribution >= 4 is 43.8 Å². The van der Waals surface area contributed by atoms with Crippen molar-refractivity contribution in [2.45, 2.75) is 11.1 Å². The van der Waals surface area contributed by atoms with Gasteiger partial charge in [0.1, 0.15) is 10.0 Å². The number of sulfonamides is 1. The number of hydrogen-bond acceptors (Lipinski definition) is 8. The Morgan fingerprint density at radius 2 is 2.04 bits per heavy atom. The van der Waals surface area contributed by atoms with Crippen molar-refractivity contribution in [2.75, 3.05) is 18.4 Å². The maximum absolute atomic E-state index is 12.2. The Balaban J connectivity index is 1.70. The first-order valence-corrected chi connectivity index (χ1v) is 10.4. The second kappa shape index (κ2) is 7.89. The monoisotopic (exact) mass is 417 g/mol. The Hall–Kier alpha value is -3.07. The first-order chi connectivity index (χ1) is 13.3. The molecule has 0 spiro atoms. The zero-order chi connectivity index (χ0) is 20.3. The number of hydrogen-bond donors (Lipinski definition) is 2. The number of aryl methyl sites for hydroxylation is 1. The highest BCUT2D eigenvalue weighted by molar-refractivity contribution is 7.91. The highest BCUT2D eigenvalue weighted by atomic mass is 32.2. The van der Waals surface area contributed by atoms with Crippen molar-refractivity contribution < 1.29 is 13.3 Å². The zero-order valence-corrected chi connectivity index (χ0v) is 16.3. The fourth-order valence-electron chi connectivity index (χ4n) is 2.51. The smallest absolute Gasteiger partial charge is 0.270 e. The molecule has 0 saturated carbocycles. The predicted octanol–water partition coefficient (Wildman–Crippen LogP) is 2.78. The van der Waals surface area contributed by atoms with Crippen LogP contribution in [0.25, 0.3) is 10.9 Å². The molecule has 0 aliphatic heterocycles. The summed E-state index contributed by atoms with van der Waals surface area (Å²) in [5, 5.41) is 23.6. The Morgan fingerprint density at radius 3 is 2.68 bits per heavy atom. The summed E-state index contributed by atoms with van der Waals surface area (Å²) in [6.45, 7) is 2.21. The summed E-state index contributed by atoms with van der Waals surface area (Å²) in [4.78, 5) is 15.6. The molecule has 2 aromatic heterocycles. The van der Waals surface area contributed by atoms with E-state index >= 15 is 0 Å². The molecule has 0 bridgehead atoms. The van der Waals surface area contributed by atoms with E-state index in [9.17, 15) is 23.8 Å². The van der Waals surface area contributed by atoms with Crippen molar-refractivity contribution in [3.63, 3.8) is 0 Å². The molecule has 0 fully saturated rings. The maximum atomic E-state index is 12.2. The first kappa shape index (κ1) is 19.7. The molecule has 1 aromatic carbocycles. The van der Waals surface area contributed by atoms with Crippen LogP contribution in [-0.4, -0.2) is 31.4 Å². The fraction of sp³-hybridized carbons (Fsp3) is 0.176. The lowest BCUT2D eigenvalue weighted by Crippen LogP contribution is -2.28. The molecule has 144 valence electrons. The van der Waals surface area contributed by atoms with E-state index in [1.807, 2.05) is 13.0 Å². The van der Waals surface area contributed by atoms with Gasteiger partial charge in [-0.1, -0.05) is 0 Å². The molecule has 0 radical (unpaired) electrons. The number of benzene rings is 1. The molecule has 0 atom stereocenters. The van der Waals surface area contributed by atoms with E-state index in [1.165, 1.54) is 35.6 Å². The lowest BCUT2D eigenvalue weighted by Gasteiger charge is -2.09. The van der Waals surface area contributed by atoms with Gasteiger partial charge >= 0.3 is 0 Å². The van der Waals surface area contributed by atoms with Crippen LogP contribution < -0.4 is 10.0 Å². The second-order valence-electron chi connectivity index (χ2n) is 5.82. The van der Waals surface area contributed by atoms with Crippen LogP contribution in [0.2, 0.25) is 0 Å². The number of nitrogens with one attached hydrogen (secondary N) is 2. The van der Waals surface area contributed by atoms with Crippen molar-refractivity contribution in [3.05, 3.63) is 57.0 Å². The Bertz CT molecular complexity index is 1200. The number of nitro groups is 1. The largest absolute Gasteiger partial charge is 0.369 e. The van der Waals surface area contributed by atoms with E-state index < -0.39 is 14.9 Å². The third-order valence-electron chi connectivity index (χ3n) is 3.83. The Morgan fingerprint density at radius 1 is 1.25 bits per heavy atom. The van der Waals surface area contributed by atoms with Gasteiger partial charge in [-0.25, -0.2) is 18.1 Å². The van der Waals surface area contributed by atoms with Gasteiger partial charge in [0.25, 0.3) is 5.69 Å². The molecular formula is C17H15N5O4S2. The number of nitrogens with zero attached hydrogens (tertiary/aromatic N) is 3. The number of rotatable bonds is 7. The molecule has 28 heavy (non-hydrogen) atoms. The fourth-order valence-corrected chi connectivity index (χ4v) is 4.87. The van der Waals surface area contributed by atoms with Crippen LogP contribution in [0.5, 0.6) is 0 Å². The van der Waals surface area contributed by atoms with Gasteiger partial charge in [-0.05, 0) is 31.2 Å². The van der Waals surface area contributed by atoms with Gasteiger partial charge in [-0.2, -0.15) is 5.26 Å². The number of thiophene rings is 1. The summed E-state index contributed by atoms with van der Waals surface area (Å²) in [6, 6.07) is 10.9. The normalized spacial score (nSPS) is 11.3. The van der Waals surface area contributed by atoms with E-state index in [-0.39, 0.29) is 28.5 Å². The number of fused-ring (bicyclic) bond motifs is 1. The molecule has 0 aliphatic carbocycles. The molecule has 9 nitrogen and oxygen atoms in total. The van der Waals surface area contributed by atoms with Gasteiger partial charge in [0, 0.05) is 35.5 Å². The molecule has 2 N–H and O–H groups in total. The Labute approximate surface area is 164 Å². The topological polar surface area (TPSA) is 138 Å². The van der Waals surface area contributed by atoms with Gasteiger partial charge in [0.15, 0.2) is 0 Å². The van der Waals surface area contributed by atoms with E-state index in [2.05, 4.69) is 15.0 Å². The lowest BCUT2D eigenvalue weighted by molar-refractivity contribution is -0.384. The average molecular weight is 417 g/mol. The standard InChI is InChI=1S/C17H15N5O4S2/c1-11-2-5-17(27-11)28(25,26)20-7-6-19-16-8-12(10-18)14-9-13(22(23)24)3-4-15(14)21-16/h2-5,8-9,20H,6-7H2,1H3,(H,19,21). The van der Waals surface area contributed by atoms with Crippen molar-refractivity contribution in [1.82, 2.24) is 9.71 Å². The minimum Gasteiger partial charge on any atom is -0.369 e. The minimum absolute atomic E-state index is 0.121. The van der Waals surface area contributed by atoms with E-state index in [0.717, 1.165) is 4.88 Å². The van der Waals surface area contributed by atoms with E-state index in [1.54, 1.807) is 12.1 Å². The van der Waals surface area contributed by atoms with Crippen LogP contribution in [-0.2, 0) is 10.0 Å². The SMILES string of the molecule is Cc1ccc(S(=O)(=O)NCCNc2cc(C#N)c3cc([N+](=O)[O-])ccc3n2)s1. The quantitative estimate of drug-likeness (QED) is 0.342. The highest BCUT2D eigenvalue weighted by Gasteiger charge is 2.15. The number of non-ortho nitro benzene ring substituents is 1. The van der Waals surface area contributed by atoms with Gasteiger partial charge in [-0.15, -0.1) is 11.3 Å². The van der Waals surface area contributed by atoms with Crippen LogP contribution in [0, 0.1) is 28.4 Å². The number of anilines is 1. The van der Waals surface area contributed by atoms with Gasteiger partial charge in [-0.3, -0.25) is 10.1 Å². The van der Waals surface area contributed by atoms with Crippen molar-refractivity contribution in [1.29, 1.82) is 5.26 Å². The Kier molecular flexibility index (Phi) is 5.55. The van der Waals surface area contributed by atoms with Gasteiger partial charge in [0.05, 0.1) is 22.1 Å². The summed E-state index contributed by atoms with van der Waals surface area (Å²) >= 11 is 1.19. The number of nitro benzene ring substituents is 1. The zero-order valence-electron chi connectivity index (χ0n) is 14.7. The molecule has 3 aromatic rings. The van der Waals surface area contributed by atoms with E-state index in [4.69, 9.17) is 0 Å². The number of nitriles is 1. The molecule has 0 aliphatic rings. The summed E-state index contributed by atoms with van der Waals surface area (Å²) in [6.07, 6.45) is 0. The van der Waals surface area contributed by atoms with Crippen LogP contribution in [0.15, 0.2) is 40.6 Å². The molecular weight excluding hydrogens is 402 g/mol. The van der Waals surface area contributed by atoms with Gasteiger partial charge < -0.3 is 5.32 Å².